The fourth-order valence-corrected chi connectivity index (χ4v) is 6.29. The van der Waals surface area contributed by atoms with E-state index in [1.807, 2.05) is 18.2 Å². The number of nitrogens with one attached hydrogen (secondary N) is 1. The number of carbonyl (C=O) groups excluding carboxylic acids is 2. The second kappa shape index (κ2) is 11.7. The van der Waals surface area contributed by atoms with E-state index in [2.05, 4.69) is 88.3 Å². The monoisotopic (exact) mass is 562 g/mol. The van der Waals surface area contributed by atoms with Gasteiger partial charge in [0, 0.05) is 23.4 Å². The standard InChI is InChI=1S/C34H34N4O4/c1-3-41-30(39)23-37-32-27(31(36-37)33(40)42-4-2)20-21-29-28(32)22-38(35-29)34(24-14-8-5-9-15-24,25-16-10-6-11-17-25)26-18-12-7-13-19-26/h5-19,35H,3-4,20-23H2,1-2H3. The van der Waals surface area contributed by atoms with Gasteiger partial charge < -0.3 is 14.9 Å². The molecule has 0 unspecified atom stereocenters. The molecule has 0 amide bonds. The third-order valence-electron chi connectivity index (χ3n) is 7.94. The van der Waals surface area contributed by atoms with Gasteiger partial charge in [0.25, 0.3) is 0 Å². The molecular weight excluding hydrogens is 528 g/mol. The molecule has 0 saturated carbocycles. The lowest BCUT2D eigenvalue weighted by Crippen LogP contribution is -2.52. The zero-order valence-electron chi connectivity index (χ0n) is 23.9. The minimum absolute atomic E-state index is 0.0897. The number of carbonyl (C=O) groups is 2. The first-order chi connectivity index (χ1) is 20.6. The number of esters is 2. The van der Waals surface area contributed by atoms with Crippen LogP contribution >= 0.6 is 0 Å². The minimum Gasteiger partial charge on any atom is -0.465 e. The summed E-state index contributed by atoms with van der Waals surface area (Å²) in [6, 6.07) is 31.5. The molecule has 4 aromatic rings. The predicted octanol–water partition coefficient (Wildman–Crippen LogP) is 5.09. The molecular formula is C34H34N4O4. The third-order valence-corrected chi connectivity index (χ3v) is 7.94. The zero-order chi connectivity index (χ0) is 29.1. The zero-order valence-corrected chi connectivity index (χ0v) is 23.9. The highest BCUT2D eigenvalue weighted by atomic mass is 16.5. The van der Waals surface area contributed by atoms with Crippen LogP contribution in [-0.4, -0.2) is 46.5 Å². The molecule has 0 fully saturated rings. The number of fused-ring (bicyclic) bond motifs is 2. The number of allylic oxidation sites excluding steroid dienone is 1. The molecule has 0 saturated heterocycles. The normalized spacial score (nSPS) is 14.6. The van der Waals surface area contributed by atoms with Crippen LogP contribution in [0.3, 0.4) is 0 Å². The fraction of sp³-hybridized carbons (Fsp3) is 0.265. The van der Waals surface area contributed by atoms with E-state index in [1.165, 1.54) is 0 Å². The summed E-state index contributed by atoms with van der Waals surface area (Å²) in [5, 5.41) is 6.89. The Morgan fingerprint density at radius 1 is 0.810 bits per heavy atom. The Hall–Kier alpha value is -4.69. The Labute approximate surface area is 245 Å². The Balaban J connectivity index is 1.50. The van der Waals surface area contributed by atoms with Crippen molar-refractivity contribution in [3.63, 3.8) is 0 Å². The molecule has 1 aliphatic carbocycles. The number of hydrogen-bond donors (Lipinski definition) is 1. The largest absolute Gasteiger partial charge is 0.465 e. The third kappa shape index (κ3) is 4.67. The second-order valence-electron chi connectivity index (χ2n) is 10.3. The molecule has 214 valence electrons. The van der Waals surface area contributed by atoms with E-state index < -0.39 is 17.5 Å². The Morgan fingerprint density at radius 2 is 1.36 bits per heavy atom. The fourth-order valence-electron chi connectivity index (χ4n) is 6.29. The maximum atomic E-state index is 13.0. The van der Waals surface area contributed by atoms with E-state index >= 15 is 0 Å². The van der Waals surface area contributed by atoms with Crippen LogP contribution in [0.1, 0.15) is 58.7 Å². The van der Waals surface area contributed by atoms with Gasteiger partial charge in [0.1, 0.15) is 12.1 Å². The van der Waals surface area contributed by atoms with E-state index in [9.17, 15) is 9.59 Å². The molecule has 6 rings (SSSR count). The molecule has 42 heavy (non-hydrogen) atoms. The number of aromatic nitrogens is 2. The van der Waals surface area contributed by atoms with E-state index in [4.69, 9.17) is 9.47 Å². The van der Waals surface area contributed by atoms with Gasteiger partial charge in [-0.2, -0.15) is 10.1 Å². The number of hydrazine groups is 1. The summed E-state index contributed by atoms with van der Waals surface area (Å²) in [5.74, 6) is -0.878. The summed E-state index contributed by atoms with van der Waals surface area (Å²) < 4.78 is 12.2. The van der Waals surface area contributed by atoms with Gasteiger partial charge in [-0.25, -0.2) is 4.79 Å². The van der Waals surface area contributed by atoms with Crippen LogP contribution in [0.25, 0.3) is 5.57 Å². The predicted molar refractivity (Wildman–Crippen MR) is 159 cm³/mol. The average molecular weight is 563 g/mol. The number of rotatable bonds is 9. The lowest BCUT2D eigenvalue weighted by Gasteiger charge is -2.43. The molecule has 1 aliphatic heterocycles. The number of benzene rings is 3. The Kier molecular flexibility index (Phi) is 7.63. The van der Waals surface area contributed by atoms with Crippen molar-refractivity contribution in [3.05, 3.63) is 130 Å². The first-order valence-corrected chi connectivity index (χ1v) is 14.4. The Morgan fingerprint density at radius 3 is 1.88 bits per heavy atom. The first-order valence-electron chi connectivity index (χ1n) is 14.4. The summed E-state index contributed by atoms with van der Waals surface area (Å²) in [4.78, 5) is 25.6. The summed E-state index contributed by atoms with van der Waals surface area (Å²) >= 11 is 0. The van der Waals surface area contributed by atoms with Crippen LogP contribution in [-0.2, 0) is 32.8 Å². The quantitative estimate of drug-likeness (QED) is 0.225. The van der Waals surface area contributed by atoms with Gasteiger partial charge in [-0.3, -0.25) is 9.48 Å². The SMILES string of the molecule is CCOC(=O)Cn1nc(C(=O)OCC)c2c1C1=C(CC2)NN(C(c2ccccc2)(c2ccccc2)c2ccccc2)C1. The van der Waals surface area contributed by atoms with Gasteiger partial charge in [0.2, 0.25) is 0 Å². The van der Waals surface area contributed by atoms with Gasteiger partial charge in [0.15, 0.2) is 5.69 Å². The maximum absolute atomic E-state index is 13.0. The molecule has 0 radical (unpaired) electrons. The van der Waals surface area contributed by atoms with Crippen LogP contribution in [0.5, 0.6) is 0 Å². The van der Waals surface area contributed by atoms with Gasteiger partial charge in [0.05, 0.1) is 18.9 Å². The van der Waals surface area contributed by atoms with Crippen molar-refractivity contribution < 1.29 is 19.1 Å². The highest BCUT2D eigenvalue weighted by Gasteiger charge is 2.47. The van der Waals surface area contributed by atoms with Crippen molar-refractivity contribution in [2.24, 2.45) is 0 Å². The van der Waals surface area contributed by atoms with E-state index in [0.717, 1.165) is 39.2 Å². The average Bonchev–Trinajstić information content (AvgIpc) is 3.61. The Bertz CT molecular complexity index is 1520. The number of ether oxygens (including phenoxy) is 2. The molecule has 3 aromatic carbocycles. The number of hydrogen-bond acceptors (Lipinski definition) is 7. The summed E-state index contributed by atoms with van der Waals surface area (Å²) in [6.07, 6.45) is 1.30. The van der Waals surface area contributed by atoms with Crippen molar-refractivity contribution in [2.75, 3.05) is 19.8 Å². The molecule has 1 N–H and O–H groups in total. The molecule has 0 spiro atoms. The molecule has 0 atom stereocenters. The van der Waals surface area contributed by atoms with Crippen LogP contribution in [0.2, 0.25) is 0 Å². The van der Waals surface area contributed by atoms with Crippen molar-refractivity contribution >= 4 is 17.5 Å². The number of nitrogens with zero attached hydrogens (tertiary/aromatic N) is 3. The molecule has 2 heterocycles. The van der Waals surface area contributed by atoms with Crippen LogP contribution in [0, 0.1) is 0 Å². The van der Waals surface area contributed by atoms with Crippen LogP contribution in [0.4, 0.5) is 0 Å². The highest BCUT2D eigenvalue weighted by Crippen LogP contribution is 2.46. The molecule has 2 aliphatic rings. The summed E-state index contributed by atoms with van der Waals surface area (Å²) in [6.45, 7) is 4.48. The maximum Gasteiger partial charge on any atom is 0.359 e. The van der Waals surface area contributed by atoms with E-state index in [-0.39, 0.29) is 25.5 Å². The van der Waals surface area contributed by atoms with Gasteiger partial charge in [-0.1, -0.05) is 91.0 Å². The van der Waals surface area contributed by atoms with Gasteiger partial charge >= 0.3 is 11.9 Å². The highest BCUT2D eigenvalue weighted by molar-refractivity contribution is 5.92. The van der Waals surface area contributed by atoms with Crippen molar-refractivity contribution in [3.8, 4) is 0 Å². The van der Waals surface area contributed by atoms with Crippen molar-refractivity contribution in [2.45, 2.75) is 38.8 Å². The van der Waals surface area contributed by atoms with Gasteiger partial charge in [-0.15, -0.1) is 0 Å². The topological polar surface area (TPSA) is 85.7 Å². The van der Waals surface area contributed by atoms with Crippen LogP contribution in [0.15, 0.2) is 96.7 Å². The van der Waals surface area contributed by atoms with E-state index in [0.29, 0.717) is 19.4 Å². The van der Waals surface area contributed by atoms with Crippen molar-refractivity contribution in [1.29, 1.82) is 0 Å². The lowest BCUT2D eigenvalue weighted by atomic mass is 9.76. The van der Waals surface area contributed by atoms with Crippen molar-refractivity contribution in [1.82, 2.24) is 20.2 Å². The van der Waals surface area contributed by atoms with Gasteiger partial charge in [-0.05, 0) is 43.4 Å². The van der Waals surface area contributed by atoms with E-state index in [1.54, 1.807) is 18.5 Å². The second-order valence-corrected chi connectivity index (χ2v) is 10.3. The minimum atomic E-state index is -0.683. The summed E-state index contributed by atoms with van der Waals surface area (Å²) in [7, 11) is 0. The molecule has 0 bridgehead atoms. The smallest absolute Gasteiger partial charge is 0.359 e. The summed E-state index contributed by atoms with van der Waals surface area (Å²) in [5.41, 5.74) is 10.4. The first kappa shape index (κ1) is 27.5. The molecule has 8 heteroatoms. The molecule has 1 aromatic heterocycles. The van der Waals surface area contributed by atoms with Crippen LogP contribution < -0.4 is 5.43 Å². The lowest BCUT2D eigenvalue weighted by molar-refractivity contribution is -0.144. The molecule has 8 nitrogen and oxygen atoms in total.